The Morgan fingerprint density at radius 1 is 1.40 bits per heavy atom. The summed E-state index contributed by atoms with van der Waals surface area (Å²) in [7, 11) is 0. The third-order valence-electron chi connectivity index (χ3n) is 3.19. The summed E-state index contributed by atoms with van der Waals surface area (Å²) in [5, 5.41) is 0. The predicted molar refractivity (Wildman–Crippen MR) is 63.3 cm³/mol. The van der Waals surface area contributed by atoms with Crippen molar-refractivity contribution >= 4 is 5.57 Å². The average Bonchev–Trinajstić information content (AvgIpc) is 2.30. The maximum absolute atomic E-state index is 6.13. The highest BCUT2D eigenvalue weighted by molar-refractivity contribution is 5.65. The monoisotopic (exact) mass is 202 g/mol. The molecule has 15 heavy (non-hydrogen) atoms. The third kappa shape index (κ3) is 2.26. The molecule has 0 amide bonds. The van der Waals surface area contributed by atoms with E-state index in [1.807, 2.05) is 18.3 Å². The molecule has 0 spiro atoms. The van der Waals surface area contributed by atoms with E-state index in [2.05, 4.69) is 18.0 Å². The molecule has 0 radical (unpaired) electrons. The van der Waals surface area contributed by atoms with Crippen LogP contribution in [0.4, 0.5) is 0 Å². The van der Waals surface area contributed by atoms with E-state index < -0.39 is 0 Å². The predicted octanol–water partition coefficient (Wildman–Crippen LogP) is 2.76. The van der Waals surface area contributed by atoms with Gasteiger partial charge in [-0.05, 0) is 49.5 Å². The minimum Gasteiger partial charge on any atom is -0.324 e. The van der Waals surface area contributed by atoms with E-state index in [0.29, 0.717) is 0 Å². The molecule has 2 rings (SSSR count). The molecular formula is C13H18N2. The molecular weight excluding hydrogens is 184 g/mol. The van der Waals surface area contributed by atoms with Crippen LogP contribution < -0.4 is 5.73 Å². The summed E-state index contributed by atoms with van der Waals surface area (Å²) < 4.78 is 0. The zero-order chi connectivity index (χ0) is 10.7. The molecule has 0 saturated heterocycles. The fourth-order valence-corrected chi connectivity index (χ4v) is 2.25. The lowest BCUT2D eigenvalue weighted by Gasteiger charge is -2.24. The Hall–Kier alpha value is -1.15. The summed E-state index contributed by atoms with van der Waals surface area (Å²) in [5.41, 5.74) is 9.89. The molecule has 1 unspecified atom stereocenters. The van der Waals surface area contributed by atoms with Crippen LogP contribution >= 0.6 is 0 Å². The van der Waals surface area contributed by atoms with Crippen molar-refractivity contribution < 1.29 is 0 Å². The fraction of sp³-hybridized carbons (Fsp3) is 0.462. The second kappa shape index (κ2) is 4.58. The topological polar surface area (TPSA) is 38.9 Å². The van der Waals surface area contributed by atoms with Crippen LogP contribution in [0, 0.1) is 0 Å². The van der Waals surface area contributed by atoms with Gasteiger partial charge < -0.3 is 5.73 Å². The van der Waals surface area contributed by atoms with Crippen molar-refractivity contribution in [3.8, 4) is 0 Å². The molecule has 1 aromatic heterocycles. The van der Waals surface area contributed by atoms with Gasteiger partial charge in [0.15, 0.2) is 0 Å². The minimum atomic E-state index is 0.251. The maximum Gasteiger partial charge on any atom is 0.0658 e. The summed E-state index contributed by atoms with van der Waals surface area (Å²) in [6.07, 6.45) is 6.64. The lowest BCUT2D eigenvalue weighted by atomic mass is 9.86. The Labute approximate surface area is 91.2 Å². The van der Waals surface area contributed by atoms with Gasteiger partial charge in [-0.25, -0.2) is 0 Å². The number of hydrogen-bond donors (Lipinski definition) is 1. The number of nitrogens with zero attached hydrogens (tertiary/aromatic N) is 1. The van der Waals surface area contributed by atoms with Gasteiger partial charge in [-0.1, -0.05) is 12.5 Å². The van der Waals surface area contributed by atoms with Crippen LogP contribution in [-0.2, 0) is 0 Å². The van der Waals surface area contributed by atoms with Crippen LogP contribution in [0.2, 0.25) is 0 Å². The van der Waals surface area contributed by atoms with E-state index in [4.69, 9.17) is 5.73 Å². The molecule has 1 aliphatic carbocycles. The van der Waals surface area contributed by atoms with Gasteiger partial charge in [0.25, 0.3) is 0 Å². The Bertz CT molecular complexity index is 354. The Morgan fingerprint density at radius 3 is 2.93 bits per heavy atom. The summed E-state index contributed by atoms with van der Waals surface area (Å²) in [5.74, 6) is 0. The van der Waals surface area contributed by atoms with Gasteiger partial charge in [-0.2, -0.15) is 0 Å². The van der Waals surface area contributed by atoms with E-state index in [-0.39, 0.29) is 6.04 Å². The average molecular weight is 202 g/mol. The van der Waals surface area contributed by atoms with Crippen molar-refractivity contribution in [3.05, 3.63) is 35.7 Å². The van der Waals surface area contributed by atoms with E-state index in [1.165, 1.54) is 24.0 Å². The van der Waals surface area contributed by atoms with Gasteiger partial charge in [-0.3, -0.25) is 4.98 Å². The summed E-state index contributed by atoms with van der Waals surface area (Å²) in [6.45, 7) is 2.14. The standard InChI is InChI=1S/C13H18N2/c1-10(13-8-4-5-9-15-13)11-6-2-3-7-12(11)14/h4-5,8-9,12H,2-3,6-7,14H2,1H3/b11-10+. The van der Waals surface area contributed by atoms with Gasteiger partial charge in [-0.15, -0.1) is 0 Å². The smallest absolute Gasteiger partial charge is 0.0658 e. The quantitative estimate of drug-likeness (QED) is 0.760. The number of pyridine rings is 1. The molecule has 2 N–H and O–H groups in total. The van der Waals surface area contributed by atoms with E-state index in [1.54, 1.807) is 0 Å². The third-order valence-corrected chi connectivity index (χ3v) is 3.19. The summed E-state index contributed by atoms with van der Waals surface area (Å²) in [4.78, 5) is 4.37. The lowest BCUT2D eigenvalue weighted by molar-refractivity contribution is 0.537. The number of rotatable bonds is 1. The van der Waals surface area contributed by atoms with Crippen LogP contribution in [0.1, 0.15) is 38.3 Å². The second-order valence-electron chi connectivity index (χ2n) is 4.22. The van der Waals surface area contributed by atoms with Crippen LogP contribution in [0.3, 0.4) is 0 Å². The second-order valence-corrected chi connectivity index (χ2v) is 4.22. The largest absolute Gasteiger partial charge is 0.324 e. The molecule has 80 valence electrons. The first-order chi connectivity index (χ1) is 7.29. The zero-order valence-electron chi connectivity index (χ0n) is 9.24. The van der Waals surface area contributed by atoms with Crippen molar-refractivity contribution in [1.82, 2.24) is 4.98 Å². The van der Waals surface area contributed by atoms with Crippen molar-refractivity contribution in [1.29, 1.82) is 0 Å². The van der Waals surface area contributed by atoms with Gasteiger partial charge in [0.1, 0.15) is 0 Å². The number of hydrogen-bond acceptors (Lipinski definition) is 2. The molecule has 1 heterocycles. The Morgan fingerprint density at radius 2 is 2.27 bits per heavy atom. The first-order valence-corrected chi connectivity index (χ1v) is 5.65. The molecule has 1 atom stereocenters. The van der Waals surface area contributed by atoms with E-state index in [0.717, 1.165) is 18.5 Å². The molecule has 0 bridgehead atoms. The Kier molecular flexibility index (Phi) is 3.17. The molecule has 0 aromatic carbocycles. The molecule has 1 saturated carbocycles. The molecule has 1 fully saturated rings. The Balaban J connectivity index is 2.31. The molecule has 1 aromatic rings. The first-order valence-electron chi connectivity index (χ1n) is 5.65. The van der Waals surface area contributed by atoms with Crippen molar-refractivity contribution in [2.75, 3.05) is 0 Å². The highest BCUT2D eigenvalue weighted by Gasteiger charge is 2.17. The minimum absolute atomic E-state index is 0.251. The van der Waals surface area contributed by atoms with Crippen molar-refractivity contribution in [3.63, 3.8) is 0 Å². The van der Waals surface area contributed by atoms with Crippen LogP contribution in [0.25, 0.3) is 5.57 Å². The van der Waals surface area contributed by atoms with Gasteiger partial charge in [0.05, 0.1) is 5.69 Å². The van der Waals surface area contributed by atoms with E-state index >= 15 is 0 Å². The molecule has 1 aliphatic rings. The zero-order valence-corrected chi connectivity index (χ0v) is 9.24. The summed E-state index contributed by atoms with van der Waals surface area (Å²) in [6, 6.07) is 6.29. The highest BCUT2D eigenvalue weighted by atomic mass is 14.7. The summed E-state index contributed by atoms with van der Waals surface area (Å²) >= 11 is 0. The fourth-order valence-electron chi connectivity index (χ4n) is 2.25. The first kappa shape index (κ1) is 10.4. The van der Waals surface area contributed by atoms with Gasteiger partial charge >= 0.3 is 0 Å². The highest BCUT2D eigenvalue weighted by Crippen LogP contribution is 2.28. The van der Waals surface area contributed by atoms with Crippen LogP contribution in [-0.4, -0.2) is 11.0 Å². The maximum atomic E-state index is 6.13. The van der Waals surface area contributed by atoms with E-state index in [9.17, 15) is 0 Å². The van der Waals surface area contributed by atoms with Crippen molar-refractivity contribution in [2.45, 2.75) is 38.6 Å². The number of allylic oxidation sites excluding steroid dienone is 1. The molecule has 0 aliphatic heterocycles. The van der Waals surface area contributed by atoms with Crippen LogP contribution in [0.15, 0.2) is 30.0 Å². The SMILES string of the molecule is C/C(=C1/CCCCC1N)c1ccccn1. The van der Waals surface area contributed by atoms with Gasteiger partial charge in [0.2, 0.25) is 0 Å². The molecule has 2 nitrogen and oxygen atoms in total. The van der Waals surface area contributed by atoms with Gasteiger partial charge in [0, 0.05) is 12.2 Å². The van der Waals surface area contributed by atoms with Crippen molar-refractivity contribution in [2.24, 2.45) is 5.73 Å². The number of aromatic nitrogens is 1. The van der Waals surface area contributed by atoms with Crippen LogP contribution in [0.5, 0.6) is 0 Å². The normalized spacial score (nSPS) is 25.1. The molecule has 2 heteroatoms. The number of nitrogens with two attached hydrogens (primary N) is 1. The lowest BCUT2D eigenvalue weighted by Crippen LogP contribution is -2.26.